The Balaban J connectivity index is 2.35. The minimum absolute atomic E-state index is 0.0526. The maximum Gasteiger partial charge on any atom is 0.268 e. The minimum Gasteiger partial charge on any atom is -0.346 e. The van der Waals surface area contributed by atoms with E-state index in [9.17, 15) is 18.0 Å². The van der Waals surface area contributed by atoms with Crippen molar-refractivity contribution in [3.63, 3.8) is 0 Å². The number of hydrogen-bond acceptors (Lipinski definition) is 5. The first-order valence-corrected chi connectivity index (χ1v) is 9.73. The maximum absolute atomic E-state index is 12.6. The number of carbonyl (C=O) groups excluding carboxylic acids is 2. The zero-order chi connectivity index (χ0) is 19.0. The molecule has 0 saturated heterocycles. The van der Waals surface area contributed by atoms with Crippen LogP contribution in [-0.2, 0) is 10.0 Å². The van der Waals surface area contributed by atoms with Crippen LogP contribution < -0.4 is 11.1 Å². The third-order valence-corrected chi connectivity index (χ3v) is 6.18. The van der Waals surface area contributed by atoms with Crippen molar-refractivity contribution in [2.24, 2.45) is 11.7 Å². The van der Waals surface area contributed by atoms with Gasteiger partial charge in [0.2, 0.25) is 0 Å². The molecule has 1 unspecified atom stereocenters. The van der Waals surface area contributed by atoms with Crippen molar-refractivity contribution in [1.29, 1.82) is 0 Å². The number of nitrogens with one attached hydrogen (secondary N) is 1. The zero-order valence-corrected chi connectivity index (χ0v) is 15.8. The second-order valence-corrected chi connectivity index (χ2v) is 8.83. The van der Waals surface area contributed by atoms with E-state index in [2.05, 4.69) is 5.32 Å². The Morgan fingerprint density at radius 1 is 1.36 bits per heavy atom. The summed E-state index contributed by atoms with van der Waals surface area (Å²) in [6.45, 7) is 7.84. The molecule has 1 aliphatic rings. The first-order valence-electron chi connectivity index (χ1n) is 8.29. The van der Waals surface area contributed by atoms with Crippen LogP contribution in [0.1, 0.15) is 54.8 Å². The minimum atomic E-state index is -3.89. The molecule has 8 heteroatoms. The van der Waals surface area contributed by atoms with Gasteiger partial charge in [-0.15, -0.1) is 0 Å². The molecule has 0 spiro atoms. The average Bonchev–Trinajstić information content (AvgIpc) is 2.72. The molecule has 1 atom stereocenters. The number of fused-ring (bicyclic) bond motifs is 1. The SMILES string of the molecule is CCN1C(=O)c2ccc(C(=O)NC(C)(CN)CC(C)C)cc2S1(=O)=O. The summed E-state index contributed by atoms with van der Waals surface area (Å²) in [5.41, 5.74) is 5.51. The van der Waals surface area contributed by atoms with E-state index < -0.39 is 27.4 Å². The van der Waals surface area contributed by atoms with Crippen LogP contribution in [0.5, 0.6) is 0 Å². The normalized spacial score (nSPS) is 18.2. The summed E-state index contributed by atoms with van der Waals surface area (Å²) < 4.78 is 25.7. The molecule has 1 heterocycles. The number of carbonyl (C=O) groups is 2. The highest BCUT2D eigenvalue weighted by atomic mass is 32.2. The topological polar surface area (TPSA) is 110 Å². The summed E-state index contributed by atoms with van der Waals surface area (Å²) in [6, 6.07) is 4.12. The number of sulfonamides is 1. The van der Waals surface area contributed by atoms with Gasteiger partial charge in [-0.1, -0.05) is 13.8 Å². The molecule has 2 amide bonds. The Labute approximate surface area is 148 Å². The lowest BCUT2D eigenvalue weighted by Crippen LogP contribution is -2.52. The summed E-state index contributed by atoms with van der Waals surface area (Å²) in [5, 5.41) is 2.89. The molecule has 0 aliphatic carbocycles. The van der Waals surface area contributed by atoms with E-state index >= 15 is 0 Å². The fourth-order valence-electron chi connectivity index (χ4n) is 3.16. The molecule has 2 rings (SSSR count). The Hall–Kier alpha value is -1.93. The highest BCUT2D eigenvalue weighted by molar-refractivity contribution is 7.90. The number of rotatable bonds is 6. The molecular weight excluding hydrogens is 342 g/mol. The van der Waals surface area contributed by atoms with E-state index in [1.54, 1.807) is 6.92 Å². The van der Waals surface area contributed by atoms with Crippen molar-refractivity contribution in [3.8, 4) is 0 Å². The van der Waals surface area contributed by atoms with Crippen molar-refractivity contribution < 1.29 is 18.0 Å². The molecule has 1 aromatic rings. The largest absolute Gasteiger partial charge is 0.346 e. The molecule has 0 aromatic heterocycles. The van der Waals surface area contributed by atoms with Gasteiger partial charge in [0.05, 0.1) is 5.56 Å². The Bertz CT molecular complexity index is 804. The van der Waals surface area contributed by atoms with E-state index in [0.29, 0.717) is 12.3 Å². The molecular formula is C17H25N3O4S. The zero-order valence-electron chi connectivity index (χ0n) is 15.0. The van der Waals surface area contributed by atoms with Crippen LogP contribution in [0, 0.1) is 5.92 Å². The van der Waals surface area contributed by atoms with Crippen LogP contribution in [0.15, 0.2) is 23.1 Å². The molecule has 3 N–H and O–H groups in total. The fourth-order valence-corrected chi connectivity index (χ4v) is 4.77. The number of benzene rings is 1. The summed E-state index contributed by atoms with van der Waals surface area (Å²) >= 11 is 0. The number of hydrogen-bond donors (Lipinski definition) is 2. The lowest BCUT2D eigenvalue weighted by molar-refractivity contribution is 0.0870. The highest BCUT2D eigenvalue weighted by Gasteiger charge is 2.40. The van der Waals surface area contributed by atoms with Crippen LogP contribution in [0.25, 0.3) is 0 Å². The summed E-state index contributed by atoms with van der Waals surface area (Å²) in [4.78, 5) is 24.6. The fraction of sp³-hybridized carbons (Fsp3) is 0.529. The average molecular weight is 367 g/mol. The van der Waals surface area contributed by atoms with Gasteiger partial charge in [0, 0.05) is 24.2 Å². The van der Waals surface area contributed by atoms with Crippen LogP contribution >= 0.6 is 0 Å². The summed E-state index contributed by atoms with van der Waals surface area (Å²) in [7, 11) is -3.89. The second kappa shape index (κ2) is 6.76. The Kier molecular flexibility index (Phi) is 5.24. The maximum atomic E-state index is 12.6. The molecule has 25 heavy (non-hydrogen) atoms. The van der Waals surface area contributed by atoms with E-state index in [1.165, 1.54) is 18.2 Å². The molecule has 7 nitrogen and oxygen atoms in total. The number of nitrogens with two attached hydrogens (primary N) is 1. The molecule has 0 fully saturated rings. The lowest BCUT2D eigenvalue weighted by atomic mass is 9.90. The number of nitrogens with zero attached hydrogens (tertiary/aromatic N) is 1. The third-order valence-electron chi connectivity index (χ3n) is 4.28. The molecule has 1 aromatic carbocycles. The molecule has 138 valence electrons. The van der Waals surface area contributed by atoms with Gasteiger partial charge in [-0.2, -0.15) is 0 Å². The van der Waals surface area contributed by atoms with Gasteiger partial charge in [0.1, 0.15) is 4.90 Å². The third kappa shape index (κ3) is 3.55. The van der Waals surface area contributed by atoms with Crippen LogP contribution in [0.2, 0.25) is 0 Å². The van der Waals surface area contributed by atoms with Crippen LogP contribution in [0.3, 0.4) is 0 Å². The molecule has 1 aliphatic heterocycles. The first kappa shape index (κ1) is 19.4. The van der Waals surface area contributed by atoms with Gasteiger partial charge in [0.15, 0.2) is 0 Å². The number of amides is 2. The van der Waals surface area contributed by atoms with E-state index in [0.717, 1.165) is 4.31 Å². The second-order valence-electron chi connectivity index (χ2n) is 7.00. The van der Waals surface area contributed by atoms with Crippen molar-refractivity contribution in [1.82, 2.24) is 9.62 Å². The van der Waals surface area contributed by atoms with Gasteiger partial charge in [-0.05, 0) is 44.4 Å². The lowest BCUT2D eigenvalue weighted by Gasteiger charge is -2.31. The van der Waals surface area contributed by atoms with Gasteiger partial charge in [-0.3, -0.25) is 9.59 Å². The van der Waals surface area contributed by atoms with Crippen molar-refractivity contribution >= 4 is 21.8 Å². The smallest absolute Gasteiger partial charge is 0.268 e. The van der Waals surface area contributed by atoms with E-state index in [-0.39, 0.29) is 29.1 Å². The van der Waals surface area contributed by atoms with Gasteiger partial charge < -0.3 is 11.1 Å². The monoisotopic (exact) mass is 367 g/mol. The van der Waals surface area contributed by atoms with E-state index in [4.69, 9.17) is 5.73 Å². The predicted octanol–water partition coefficient (Wildman–Crippen LogP) is 1.34. The quantitative estimate of drug-likeness (QED) is 0.788. The van der Waals surface area contributed by atoms with Gasteiger partial charge >= 0.3 is 0 Å². The van der Waals surface area contributed by atoms with E-state index in [1.807, 2.05) is 20.8 Å². The van der Waals surface area contributed by atoms with Gasteiger partial charge in [0.25, 0.3) is 21.8 Å². The Morgan fingerprint density at radius 3 is 2.52 bits per heavy atom. The van der Waals surface area contributed by atoms with Crippen LogP contribution in [0.4, 0.5) is 0 Å². The Morgan fingerprint density at radius 2 is 2.00 bits per heavy atom. The van der Waals surface area contributed by atoms with Crippen molar-refractivity contribution in [2.75, 3.05) is 13.1 Å². The van der Waals surface area contributed by atoms with Crippen molar-refractivity contribution in [2.45, 2.75) is 44.6 Å². The highest BCUT2D eigenvalue weighted by Crippen LogP contribution is 2.31. The van der Waals surface area contributed by atoms with Crippen molar-refractivity contribution in [3.05, 3.63) is 29.3 Å². The molecule has 0 saturated carbocycles. The first-order chi connectivity index (χ1) is 11.6. The molecule has 0 bridgehead atoms. The summed E-state index contributed by atoms with van der Waals surface area (Å²) in [5.74, 6) is -0.630. The predicted molar refractivity (Wildman–Crippen MR) is 94.7 cm³/mol. The standard InChI is InChI=1S/C17H25N3O4S/c1-5-20-16(22)13-7-6-12(8-14(13)25(20,23)24)15(21)19-17(4,10-18)9-11(2)3/h6-8,11H,5,9-10,18H2,1-4H3,(H,19,21). The van der Waals surface area contributed by atoms with Crippen LogP contribution in [-0.4, -0.2) is 43.2 Å². The van der Waals surface area contributed by atoms with Gasteiger partial charge in [-0.25, -0.2) is 12.7 Å². The summed E-state index contributed by atoms with van der Waals surface area (Å²) in [6.07, 6.45) is 0.695. The molecule has 0 radical (unpaired) electrons.